The molecule has 10 heteroatoms. The van der Waals surface area contributed by atoms with Crippen LogP contribution in [0.4, 0.5) is 11.8 Å². The molecule has 3 aromatic rings. The average molecular weight is 497 g/mol. The smallest absolute Gasteiger partial charge is 0.222 e. The van der Waals surface area contributed by atoms with Gasteiger partial charge in [0.2, 0.25) is 5.95 Å². The minimum atomic E-state index is 0.151. The molecule has 2 fully saturated rings. The Morgan fingerprint density at radius 2 is 1.92 bits per heavy atom. The van der Waals surface area contributed by atoms with Crippen LogP contribution >= 0.6 is 0 Å². The molecule has 0 spiro atoms. The standard InChI is InChI=1S/C20H26N8O.C6H14O/c1-26-10-15-6-14(26)11-27(15)8-12-3-4-13(17(5-12)29-2)9-28-18-16(7-23-28)24-20(22)25-19(18)21;1-2-3-4-5-6-7/h3-5,7,14-15H,6,8-11H2,1-2H3,(H4,21,22,24,25);7H,2-6H2,1H3. The van der Waals surface area contributed by atoms with Gasteiger partial charge in [0.25, 0.3) is 0 Å². The Morgan fingerprint density at radius 1 is 1.08 bits per heavy atom. The Labute approximate surface area is 213 Å². The number of piperazine rings is 1. The minimum Gasteiger partial charge on any atom is -0.496 e. The SMILES string of the molecule is CCCCCCO.COc1cc(CN2CC3CC2CN3C)ccc1Cn1ncc2nc(N)nc(N)c21. The van der Waals surface area contributed by atoms with E-state index in [9.17, 15) is 0 Å². The summed E-state index contributed by atoms with van der Waals surface area (Å²) in [5, 5.41) is 12.7. The van der Waals surface area contributed by atoms with Crippen LogP contribution in [0.2, 0.25) is 0 Å². The highest BCUT2D eigenvalue weighted by Gasteiger charge is 2.41. The number of nitrogens with two attached hydrogens (primary N) is 2. The lowest BCUT2D eigenvalue weighted by molar-refractivity contribution is 0.143. The molecule has 2 unspecified atom stereocenters. The third-order valence-electron chi connectivity index (χ3n) is 7.23. The molecule has 2 atom stereocenters. The summed E-state index contributed by atoms with van der Waals surface area (Å²) in [5.41, 5.74) is 15.3. The third kappa shape index (κ3) is 5.88. The van der Waals surface area contributed by atoms with E-state index in [0.29, 0.717) is 42.1 Å². The number of nitrogens with zero attached hydrogens (tertiary/aromatic N) is 6. The number of likely N-dealkylation sites (tertiary alicyclic amines) is 2. The first-order chi connectivity index (χ1) is 17.4. The number of fused-ring (bicyclic) bond motifs is 3. The molecule has 0 aliphatic carbocycles. The molecule has 2 aromatic heterocycles. The zero-order valence-electron chi connectivity index (χ0n) is 21.7. The Kier molecular flexibility index (Phi) is 8.60. The van der Waals surface area contributed by atoms with Crippen molar-refractivity contribution in [2.75, 3.05) is 45.3 Å². The van der Waals surface area contributed by atoms with Gasteiger partial charge in [-0.2, -0.15) is 10.1 Å². The number of hydrogen-bond acceptors (Lipinski definition) is 9. The number of aliphatic hydroxyl groups is 1. The summed E-state index contributed by atoms with van der Waals surface area (Å²) < 4.78 is 7.48. The highest BCUT2D eigenvalue weighted by atomic mass is 16.5. The van der Waals surface area contributed by atoms with Crippen molar-refractivity contribution < 1.29 is 9.84 Å². The number of rotatable bonds is 9. The van der Waals surface area contributed by atoms with Gasteiger partial charge >= 0.3 is 0 Å². The van der Waals surface area contributed by atoms with Crippen molar-refractivity contribution in [1.29, 1.82) is 0 Å². The lowest BCUT2D eigenvalue weighted by Crippen LogP contribution is -2.43. The van der Waals surface area contributed by atoms with Gasteiger partial charge in [-0.3, -0.25) is 9.58 Å². The number of unbranched alkanes of at least 4 members (excludes halogenated alkanes) is 3. The molecule has 196 valence electrons. The van der Waals surface area contributed by atoms with Crippen LogP contribution in [-0.2, 0) is 13.1 Å². The Balaban J connectivity index is 0.000000384. The van der Waals surface area contributed by atoms with Crippen LogP contribution in [0.15, 0.2) is 24.4 Å². The maximum atomic E-state index is 8.29. The number of benzene rings is 1. The summed E-state index contributed by atoms with van der Waals surface area (Å²) in [4.78, 5) is 13.3. The summed E-state index contributed by atoms with van der Waals surface area (Å²) >= 11 is 0. The highest BCUT2D eigenvalue weighted by molar-refractivity contribution is 5.85. The summed E-state index contributed by atoms with van der Waals surface area (Å²) in [6.45, 7) is 6.31. The molecule has 0 saturated carbocycles. The lowest BCUT2D eigenvalue weighted by Gasteiger charge is -2.32. The number of methoxy groups -OCH3 is 1. The fourth-order valence-electron chi connectivity index (χ4n) is 5.26. The average Bonchev–Trinajstić information content (AvgIpc) is 3.55. The van der Waals surface area contributed by atoms with Gasteiger partial charge in [0.15, 0.2) is 5.82 Å². The molecule has 0 amide bonds. The van der Waals surface area contributed by atoms with Gasteiger partial charge in [-0.05, 0) is 31.5 Å². The van der Waals surface area contributed by atoms with Crippen molar-refractivity contribution in [2.24, 2.45) is 0 Å². The third-order valence-corrected chi connectivity index (χ3v) is 7.23. The fraction of sp³-hybridized carbons (Fsp3) is 0.577. The van der Waals surface area contributed by atoms with Gasteiger partial charge in [0, 0.05) is 43.9 Å². The molecule has 2 aliphatic rings. The number of aliphatic hydroxyl groups excluding tert-OH is 1. The lowest BCUT2D eigenvalue weighted by atomic mass is 10.1. The van der Waals surface area contributed by atoms with E-state index in [0.717, 1.165) is 30.8 Å². The van der Waals surface area contributed by atoms with Crippen LogP contribution in [0.5, 0.6) is 5.75 Å². The molecular weight excluding hydrogens is 456 g/mol. The molecule has 5 N–H and O–H groups in total. The van der Waals surface area contributed by atoms with Crippen molar-refractivity contribution in [2.45, 2.75) is 64.2 Å². The van der Waals surface area contributed by atoms with E-state index in [2.05, 4.69) is 57.0 Å². The topological polar surface area (TPSA) is 132 Å². The molecule has 10 nitrogen and oxygen atoms in total. The van der Waals surface area contributed by atoms with E-state index in [1.807, 2.05) is 0 Å². The predicted molar refractivity (Wildman–Crippen MR) is 143 cm³/mol. The van der Waals surface area contributed by atoms with Crippen LogP contribution in [0, 0.1) is 0 Å². The second-order valence-corrected chi connectivity index (χ2v) is 9.85. The molecule has 2 bridgehead atoms. The van der Waals surface area contributed by atoms with Crippen molar-refractivity contribution in [3.05, 3.63) is 35.5 Å². The van der Waals surface area contributed by atoms with Gasteiger partial charge in [0.1, 0.15) is 16.8 Å². The highest BCUT2D eigenvalue weighted by Crippen LogP contribution is 2.32. The molecule has 5 rings (SSSR count). The molecule has 4 heterocycles. The molecule has 2 aliphatic heterocycles. The molecular formula is C26H40N8O2. The molecule has 36 heavy (non-hydrogen) atoms. The van der Waals surface area contributed by atoms with Crippen LogP contribution in [-0.4, -0.2) is 80.6 Å². The Bertz CT molecular complexity index is 1140. The fourth-order valence-corrected chi connectivity index (χ4v) is 5.26. The molecule has 1 aromatic carbocycles. The van der Waals surface area contributed by atoms with Crippen LogP contribution in [0.25, 0.3) is 11.0 Å². The normalized spacial score (nSPS) is 19.6. The monoisotopic (exact) mass is 496 g/mol. The van der Waals surface area contributed by atoms with Crippen LogP contribution in [0.1, 0.15) is 50.2 Å². The minimum absolute atomic E-state index is 0.151. The maximum Gasteiger partial charge on any atom is 0.222 e. The molecule has 0 radical (unpaired) electrons. The van der Waals surface area contributed by atoms with E-state index < -0.39 is 0 Å². The first-order valence-corrected chi connectivity index (χ1v) is 12.9. The van der Waals surface area contributed by atoms with Gasteiger partial charge in [-0.1, -0.05) is 38.3 Å². The predicted octanol–water partition coefficient (Wildman–Crippen LogP) is 2.49. The second-order valence-electron chi connectivity index (χ2n) is 9.85. The van der Waals surface area contributed by atoms with E-state index >= 15 is 0 Å². The van der Waals surface area contributed by atoms with Crippen molar-refractivity contribution >= 4 is 22.8 Å². The van der Waals surface area contributed by atoms with Crippen LogP contribution < -0.4 is 16.2 Å². The van der Waals surface area contributed by atoms with Gasteiger partial charge in [-0.15, -0.1) is 0 Å². The number of hydrogen-bond donors (Lipinski definition) is 3. The van der Waals surface area contributed by atoms with Crippen molar-refractivity contribution in [1.82, 2.24) is 29.5 Å². The Hall–Kier alpha value is -2.95. The van der Waals surface area contributed by atoms with E-state index in [-0.39, 0.29) is 5.95 Å². The molecule has 2 saturated heterocycles. The van der Waals surface area contributed by atoms with Gasteiger partial charge in [-0.25, -0.2) is 4.98 Å². The number of aromatic nitrogens is 4. The Morgan fingerprint density at radius 3 is 2.58 bits per heavy atom. The van der Waals surface area contributed by atoms with E-state index in [4.69, 9.17) is 21.3 Å². The first kappa shape index (κ1) is 26.1. The number of ether oxygens (including phenoxy) is 1. The zero-order chi connectivity index (χ0) is 25.7. The quantitative estimate of drug-likeness (QED) is 0.382. The summed E-state index contributed by atoms with van der Waals surface area (Å²) in [7, 11) is 3.93. The maximum absolute atomic E-state index is 8.29. The first-order valence-electron chi connectivity index (χ1n) is 12.9. The van der Waals surface area contributed by atoms with Gasteiger partial charge < -0.3 is 26.2 Å². The van der Waals surface area contributed by atoms with Crippen molar-refractivity contribution in [3.8, 4) is 5.75 Å². The van der Waals surface area contributed by atoms with Crippen molar-refractivity contribution in [3.63, 3.8) is 0 Å². The second kappa shape index (κ2) is 11.9. The summed E-state index contributed by atoms with van der Waals surface area (Å²) in [6.07, 6.45) is 7.62. The zero-order valence-corrected chi connectivity index (χ0v) is 21.7. The number of likely N-dealkylation sites (N-methyl/N-ethyl adjacent to an activating group) is 1. The van der Waals surface area contributed by atoms with E-state index in [1.54, 1.807) is 18.0 Å². The van der Waals surface area contributed by atoms with Crippen LogP contribution in [0.3, 0.4) is 0 Å². The van der Waals surface area contributed by atoms with E-state index in [1.165, 1.54) is 37.8 Å². The van der Waals surface area contributed by atoms with Gasteiger partial charge in [0.05, 0.1) is 19.9 Å². The number of anilines is 2. The summed E-state index contributed by atoms with van der Waals surface area (Å²) in [5.74, 6) is 1.33. The largest absolute Gasteiger partial charge is 0.496 e. The summed E-state index contributed by atoms with van der Waals surface area (Å²) in [6, 6.07) is 7.79. The number of nitrogen functional groups attached to an aromatic ring is 2.